The fourth-order valence-corrected chi connectivity index (χ4v) is 5.25. The Bertz CT molecular complexity index is 1530. The van der Waals surface area contributed by atoms with Crippen molar-refractivity contribution in [1.29, 1.82) is 0 Å². The molecular formula is C36H55N7O13. The Morgan fingerprint density at radius 1 is 0.679 bits per heavy atom. The van der Waals surface area contributed by atoms with Gasteiger partial charge in [-0.05, 0) is 88.0 Å². The van der Waals surface area contributed by atoms with E-state index in [1.807, 2.05) is 12.2 Å². The van der Waals surface area contributed by atoms with E-state index in [-0.39, 0.29) is 56.4 Å². The van der Waals surface area contributed by atoms with Crippen molar-refractivity contribution in [3.05, 3.63) is 34.9 Å². The highest BCUT2D eigenvalue weighted by Crippen LogP contribution is 2.13. The minimum Gasteiger partial charge on any atom is -0.481 e. The zero-order valence-electron chi connectivity index (χ0n) is 31.5. The van der Waals surface area contributed by atoms with E-state index in [9.17, 15) is 48.6 Å². The Morgan fingerprint density at radius 3 is 1.84 bits per heavy atom. The number of aliphatic imine (C=N–C) groups is 1. The van der Waals surface area contributed by atoms with Crippen molar-refractivity contribution in [2.45, 2.75) is 122 Å². The summed E-state index contributed by atoms with van der Waals surface area (Å²) in [5, 5.41) is 46.7. The van der Waals surface area contributed by atoms with Gasteiger partial charge in [0, 0.05) is 37.9 Å². The zero-order valence-corrected chi connectivity index (χ0v) is 31.5. The van der Waals surface area contributed by atoms with Gasteiger partial charge in [0.25, 0.3) is 5.91 Å². The molecule has 20 nitrogen and oxygen atoms in total. The number of nitrogens with one attached hydrogen (secondary N) is 4. The first-order valence-corrected chi connectivity index (χ1v) is 18.4. The number of aliphatic carboxylic acids is 4. The summed E-state index contributed by atoms with van der Waals surface area (Å²) >= 11 is 0. The number of carbonyl (C=O) groups is 8. The molecule has 20 heteroatoms. The molecule has 1 rings (SSSR count). The summed E-state index contributed by atoms with van der Waals surface area (Å²) in [5.41, 5.74) is 12.9. The third kappa shape index (κ3) is 21.7. The van der Waals surface area contributed by atoms with Crippen LogP contribution < -0.4 is 32.7 Å². The predicted octanol–water partition coefficient (Wildman–Crippen LogP) is 1.36. The lowest BCUT2D eigenvalue weighted by Crippen LogP contribution is -2.43. The predicted molar refractivity (Wildman–Crippen MR) is 200 cm³/mol. The maximum absolute atomic E-state index is 12.5. The van der Waals surface area contributed by atoms with Crippen molar-refractivity contribution in [2.75, 3.05) is 13.1 Å². The second-order valence-corrected chi connectivity index (χ2v) is 13.1. The maximum atomic E-state index is 12.5. The topological polar surface area (TPSA) is 339 Å². The zero-order chi connectivity index (χ0) is 42.0. The number of carboxylic acids is 4. The van der Waals surface area contributed by atoms with Gasteiger partial charge in [0.15, 0.2) is 5.96 Å². The second kappa shape index (κ2) is 26.8. The quantitative estimate of drug-likeness (QED) is 0.0311. The smallest absolute Gasteiger partial charge is 0.408 e. The van der Waals surface area contributed by atoms with Crippen molar-refractivity contribution in [1.82, 2.24) is 21.3 Å². The third-order valence-corrected chi connectivity index (χ3v) is 8.41. The number of alkyl carbamates (subject to hydrolysis) is 1. The highest BCUT2D eigenvalue weighted by atomic mass is 16.6. The van der Waals surface area contributed by atoms with Gasteiger partial charge in [0.2, 0.25) is 17.9 Å². The lowest BCUT2D eigenvalue weighted by Gasteiger charge is -2.17. The van der Waals surface area contributed by atoms with E-state index in [4.69, 9.17) is 26.4 Å². The van der Waals surface area contributed by atoms with E-state index in [0.29, 0.717) is 63.6 Å². The molecule has 0 saturated heterocycles. The number of guanidine groups is 1. The van der Waals surface area contributed by atoms with Gasteiger partial charge in [0.1, 0.15) is 12.1 Å². The Hall–Kier alpha value is -5.95. The average molecular weight is 794 g/mol. The molecule has 1 aromatic rings. The summed E-state index contributed by atoms with van der Waals surface area (Å²) < 4.78 is 4.80. The minimum atomic E-state index is -1.58. The van der Waals surface area contributed by atoms with E-state index >= 15 is 0 Å². The van der Waals surface area contributed by atoms with Crippen LogP contribution in [0, 0.1) is 6.92 Å². The molecule has 0 aromatic heterocycles. The number of hydrogen-bond donors (Lipinski definition) is 10. The second-order valence-electron chi connectivity index (χ2n) is 13.1. The molecule has 0 saturated carbocycles. The van der Waals surface area contributed by atoms with Crippen LogP contribution in [0.15, 0.2) is 23.2 Å². The van der Waals surface area contributed by atoms with Crippen LogP contribution in [0.2, 0.25) is 0 Å². The molecule has 0 heterocycles. The number of carboxylic acid groups (broad SMARTS) is 4. The Balaban J connectivity index is 2.22. The summed E-state index contributed by atoms with van der Waals surface area (Å²) in [6.45, 7) is 2.72. The molecule has 0 bridgehead atoms. The van der Waals surface area contributed by atoms with Crippen molar-refractivity contribution in [3.63, 3.8) is 0 Å². The molecule has 0 aliphatic carbocycles. The number of hydrogen-bond acceptors (Lipinski definition) is 10. The molecule has 1 unspecified atom stereocenters. The number of amides is 4. The van der Waals surface area contributed by atoms with Crippen LogP contribution in [0.4, 0.5) is 4.79 Å². The number of carbonyl (C=O) groups excluding carboxylic acids is 4. The van der Waals surface area contributed by atoms with Crippen molar-refractivity contribution in [2.24, 2.45) is 16.5 Å². The number of benzene rings is 1. The molecule has 4 amide bonds. The van der Waals surface area contributed by atoms with Gasteiger partial charge in [-0.1, -0.05) is 18.9 Å². The molecule has 0 radical (unpaired) electrons. The number of aryl methyl sites for hydroxylation is 1. The standard InChI is InChI=1S/C36H55N7O13/c1-22-20-23(14-15-24(22)21-41-35(37)38)31(48)40-19-8-6-10-25(32(49)50)42-29(45)13-5-3-2-4-12-28(44)39-18-9-7-11-27(34(53)54)56-36(55)43-26(33(51)52)16-17-30(46)47/h14-15,20,25-27H,2-13,16-19,21H2,1H3,(H,39,44)(H,40,48)(H,42,45)(H,43,55)(H,46,47)(H,49,50)(H,51,52)(H,53,54)(H4,37,38,41)/t25?,26-,27-/m0/s1. The molecule has 12 N–H and O–H groups in total. The number of unbranched alkanes of at least 4 members (excludes halogenated alkanes) is 5. The highest BCUT2D eigenvalue weighted by Gasteiger charge is 2.26. The summed E-state index contributed by atoms with van der Waals surface area (Å²) in [7, 11) is 0. The van der Waals surface area contributed by atoms with Crippen LogP contribution >= 0.6 is 0 Å². The number of nitrogens with two attached hydrogens (primary N) is 2. The summed E-state index contributed by atoms with van der Waals surface area (Å²) in [4.78, 5) is 98.0. The summed E-state index contributed by atoms with van der Waals surface area (Å²) in [6, 6.07) is 2.56. The molecular weight excluding hydrogens is 738 g/mol. The van der Waals surface area contributed by atoms with Crippen LogP contribution in [0.3, 0.4) is 0 Å². The fourth-order valence-electron chi connectivity index (χ4n) is 5.25. The van der Waals surface area contributed by atoms with Gasteiger partial charge in [-0.3, -0.25) is 19.2 Å². The van der Waals surface area contributed by atoms with E-state index in [1.165, 1.54) is 0 Å². The normalized spacial score (nSPS) is 12.2. The highest BCUT2D eigenvalue weighted by molar-refractivity contribution is 5.94. The number of rotatable bonds is 29. The Kier molecular flexibility index (Phi) is 23.0. The molecule has 1 aromatic carbocycles. The third-order valence-electron chi connectivity index (χ3n) is 8.41. The molecule has 56 heavy (non-hydrogen) atoms. The van der Waals surface area contributed by atoms with Gasteiger partial charge in [-0.25, -0.2) is 24.2 Å². The molecule has 0 fully saturated rings. The van der Waals surface area contributed by atoms with E-state index in [0.717, 1.165) is 11.1 Å². The lowest BCUT2D eigenvalue weighted by molar-refractivity contribution is -0.147. The van der Waals surface area contributed by atoms with Crippen LogP contribution in [0.25, 0.3) is 0 Å². The van der Waals surface area contributed by atoms with Crippen LogP contribution in [0.1, 0.15) is 111 Å². The largest absolute Gasteiger partial charge is 0.481 e. The van der Waals surface area contributed by atoms with Gasteiger partial charge in [-0.2, -0.15) is 0 Å². The van der Waals surface area contributed by atoms with Crippen LogP contribution in [-0.4, -0.2) is 105 Å². The fraction of sp³-hybridized carbons (Fsp3) is 0.583. The SMILES string of the molecule is Cc1cc(C(=O)NCCCCC(NC(=O)CCCCCCC(=O)NCCCC[C@H](OC(=O)N[C@@H](CCC(=O)O)C(=O)O)C(=O)O)C(=O)O)ccc1CN=C(N)N. The number of nitrogens with zero attached hydrogens (tertiary/aromatic N) is 1. The minimum absolute atomic E-state index is 0.0242. The first kappa shape index (κ1) is 48.1. The van der Waals surface area contributed by atoms with Crippen molar-refractivity contribution < 1.29 is 63.5 Å². The van der Waals surface area contributed by atoms with Gasteiger partial charge >= 0.3 is 30.0 Å². The Morgan fingerprint density at radius 2 is 1.27 bits per heavy atom. The molecule has 0 spiro atoms. The lowest BCUT2D eigenvalue weighted by atomic mass is 10.0. The number of ether oxygens (including phenoxy) is 1. The molecule has 3 atom stereocenters. The molecule has 0 aliphatic heterocycles. The van der Waals surface area contributed by atoms with E-state index in [1.54, 1.807) is 18.2 Å². The molecule has 312 valence electrons. The van der Waals surface area contributed by atoms with Gasteiger partial charge in [-0.15, -0.1) is 0 Å². The monoisotopic (exact) mass is 793 g/mol. The first-order chi connectivity index (χ1) is 26.5. The first-order valence-electron chi connectivity index (χ1n) is 18.4. The maximum Gasteiger partial charge on any atom is 0.408 e. The Labute approximate surface area is 324 Å². The summed E-state index contributed by atoms with van der Waals surface area (Å²) in [5.74, 6) is -6.26. The summed E-state index contributed by atoms with van der Waals surface area (Å²) in [6.07, 6.45) is 0.596. The van der Waals surface area contributed by atoms with Crippen molar-refractivity contribution >= 4 is 53.7 Å². The van der Waals surface area contributed by atoms with E-state index in [2.05, 4.69) is 20.9 Å². The molecule has 0 aliphatic rings. The van der Waals surface area contributed by atoms with E-state index < -0.39 is 66.9 Å². The van der Waals surface area contributed by atoms with Gasteiger partial charge < -0.3 is 57.9 Å². The van der Waals surface area contributed by atoms with Crippen LogP contribution in [-0.2, 0) is 40.0 Å². The van der Waals surface area contributed by atoms with Gasteiger partial charge in [0.05, 0.1) is 6.54 Å². The average Bonchev–Trinajstić information content (AvgIpc) is 3.12. The van der Waals surface area contributed by atoms with Crippen molar-refractivity contribution in [3.8, 4) is 0 Å². The van der Waals surface area contributed by atoms with Crippen LogP contribution in [0.5, 0.6) is 0 Å².